The molecule has 0 saturated heterocycles. The highest BCUT2D eigenvalue weighted by atomic mass is 35.5. The van der Waals surface area contributed by atoms with Crippen LogP contribution in [-0.2, 0) is 0 Å². The molecule has 5 rings (SSSR count). The van der Waals surface area contributed by atoms with Crippen LogP contribution in [0, 0.1) is 0 Å². The molecule has 6 nitrogen and oxygen atoms in total. The first kappa shape index (κ1) is 19.3. The number of imide groups is 1. The number of carbonyl (C=O) groups excluding carboxylic acids is 2. The molecule has 1 aliphatic heterocycles. The van der Waals surface area contributed by atoms with E-state index in [9.17, 15) is 9.59 Å². The Morgan fingerprint density at radius 3 is 2.19 bits per heavy atom. The molecule has 1 aliphatic rings. The molecular formula is C24H18ClN3O3. The number of halogens is 1. The number of benzene rings is 3. The van der Waals surface area contributed by atoms with Crippen LogP contribution in [-0.4, -0.2) is 39.6 Å². The summed E-state index contributed by atoms with van der Waals surface area (Å²) in [6.45, 7) is 0.622. The van der Waals surface area contributed by atoms with Crippen molar-refractivity contribution < 1.29 is 14.3 Å². The number of para-hydroxylation sites is 1. The number of rotatable bonds is 6. The van der Waals surface area contributed by atoms with Crippen molar-refractivity contribution in [3.8, 4) is 11.6 Å². The summed E-state index contributed by atoms with van der Waals surface area (Å²) >= 11 is 6.00. The normalized spacial score (nSPS) is 13.1. The average molecular weight is 432 g/mol. The molecular weight excluding hydrogens is 414 g/mol. The molecule has 0 N–H and O–H groups in total. The number of nitrogens with zero attached hydrogens (tertiary/aromatic N) is 3. The molecule has 7 heteroatoms. The van der Waals surface area contributed by atoms with E-state index < -0.39 is 0 Å². The van der Waals surface area contributed by atoms with Crippen molar-refractivity contribution in [2.45, 2.75) is 6.42 Å². The van der Waals surface area contributed by atoms with Gasteiger partial charge in [0.1, 0.15) is 0 Å². The van der Waals surface area contributed by atoms with Gasteiger partial charge in [0.05, 0.1) is 34.3 Å². The first-order chi connectivity index (χ1) is 15.1. The quantitative estimate of drug-likeness (QED) is 0.326. The maximum absolute atomic E-state index is 12.5. The highest BCUT2D eigenvalue weighted by Gasteiger charge is 2.34. The van der Waals surface area contributed by atoms with Crippen LogP contribution in [0.2, 0.25) is 5.02 Å². The molecule has 0 bridgehead atoms. The SMILES string of the molecule is O=C1c2ccccc2C(=O)N1CCCOc1nn(-c2ccc(Cl)cc2)c2ccccc12. The van der Waals surface area contributed by atoms with Gasteiger partial charge in [-0.1, -0.05) is 35.9 Å². The lowest BCUT2D eigenvalue weighted by Gasteiger charge is -2.13. The molecule has 1 aromatic heterocycles. The summed E-state index contributed by atoms with van der Waals surface area (Å²) in [5.74, 6) is 0.00374. The van der Waals surface area contributed by atoms with Crippen molar-refractivity contribution in [2.75, 3.05) is 13.2 Å². The zero-order valence-electron chi connectivity index (χ0n) is 16.5. The zero-order valence-corrected chi connectivity index (χ0v) is 17.2. The Morgan fingerprint density at radius 2 is 1.48 bits per heavy atom. The van der Waals surface area contributed by atoms with Gasteiger partial charge in [0.2, 0.25) is 5.88 Å². The molecule has 0 atom stereocenters. The van der Waals surface area contributed by atoms with Gasteiger partial charge in [-0.05, 0) is 55.0 Å². The monoisotopic (exact) mass is 431 g/mol. The van der Waals surface area contributed by atoms with E-state index in [-0.39, 0.29) is 11.8 Å². The third kappa shape index (κ3) is 3.45. The van der Waals surface area contributed by atoms with Crippen molar-refractivity contribution in [2.24, 2.45) is 0 Å². The largest absolute Gasteiger partial charge is 0.476 e. The fraction of sp³-hybridized carbons (Fsp3) is 0.125. The van der Waals surface area contributed by atoms with Crippen LogP contribution >= 0.6 is 11.6 Å². The van der Waals surface area contributed by atoms with Gasteiger partial charge in [-0.15, -0.1) is 5.10 Å². The number of hydrogen-bond donors (Lipinski definition) is 0. The molecule has 0 aliphatic carbocycles. The highest BCUT2D eigenvalue weighted by Crippen LogP contribution is 2.28. The van der Waals surface area contributed by atoms with E-state index in [1.54, 1.807) is 24.3 Å². The summed E-state index contributed by atoms with van der Waals surface area (Å²) in [5.41, 5.74) is 2.71. The zero-order chi connectivity index (χ0) is 21.4. The lowest BCUT2D eigenvalue weighted by molar-refractivity contribution is 0.0646. The molecule has 2 amide bonds. The maximum Gasteiger partial charge on any atom is 0.261 e. The maximum atomic E-state index is 12.5. The Bertz CT molecular complexity index is 1260. The fourth-order valence-electron chi connectivity index (χ4n) is 3.76. The highest BCUT2D eigenvalue weighted by molar-refractivity contribution is 6.30. The van der Waals surface area contributed by atoms with Crippen LogP contribution < -0.4 is 4.74 Å². The number of fused-ring (bicyclic) bond motifs is 2. The van der Waals surface area contributed by atoms with Crippen molar-refractivity contribution in [1.82, 2.24) is 14.7 Å². The van der Waals surface area contributed by atoms with Gasteiger partial charge in [-0.3, -0.25) is 14.5 Å². The summed E-state index contributed by atoms with van der Waals surface area (Å²) in [5, 5.41) is 6.17. The standard InChI is InChI=1S/C24H18ClN3O3/c25-16-10-12-17(13-11-16)28-21-9-4-3-8-20(21)22(26-28)31-15-5-14-27-23(29)18-6-1-2-7-19(18)24(27)30/h1-4,6-13H,5,14-15H2. The van der Waals surface area contributed by atoms with Crippen LogP contribution in [0.15, 0.2) is 72.8 Å². The van der Waals surface area contributed by atoms with Gasteiger partial charge in [0.25, 0.3) is 11.8 Å². The minimum atomic E-state index is -0.252. The Kier molecular flexibility index (Phi) is 4.92. The molecule has 2 heterocycles. The van der Waals surface area contributed by atoms with Gasteiger partial charge >= 0.3 is 0 Å². The molecule has 0 spiro atoms. The minimum Gasteiger partial charge on any atom is -0.476 e. The Labute approximate surface area is 183 Å². The molecule has 3 aromatic carbocycles. The van der Waals surface area contributed by atoms with E-state index >= 15 is 0 Å². The number of hydrogen-bond acceptors (Lipinski definition) is 4. The molecule has 31 heavy (non-hydrogen) atoms. The molecule has 0 fully saturated rings. The second kappa shape index (κ2) is 7.89. The fourth-order valence-corrected chi connectivity index (χ4v) is 3.88. The Balaban J connectivity index is 1.29. The molecule has 4 aromatic rings. The first-order valence-electron chi connectivity index (χ1n) is 9.95. The summed E-state index contributed by atoms with van der Waals surface area (Å²) < 4.78 is 7.76. The first-order valence-corrected chi connectivity index (χ1v) is 10.3. The van der Waals surface area contributed by atoms with Crippen molar-refractivity contribution >= 4 is 34.3 Å². The van der Waals surface area contributed by atoms with E-state index in [0.717, 1.165) is 16.6 Å². The van der Waals surface area contributed by atoms with Crippen molar-refractivity contribution in [3.05, 3.63) is 88.9 Å². The summed E-state index contributed by atoms with van der Waals surface area (Å²) in [6.07, 6.45) is 0.508. The smallest absolute Gasteiger partial charge is 0.261 e. The van der Waals surface area contributed by atoms with E-state index in [4.69, 9.17) is 16.3 Å². The summed E-state index contributed by atoms with van der Waals surface area (Å²) in [7, 11) is 0. The number of ether oxygens (including phenoxy) is 1. The second-order valence-corrected chi connectivity index (χ2v) is 7.66. The lowest BCUT2D eigenvalue weighted by atomic mass is 10.1. The predicted molar refractivity (Wildman–Crippen MR) is 118 cm³/mol. The van der Waals surface area contributed by atoms with E-state index in [2.05, 4.69) is 5.10 Å². The number of amides is 2. The number of aromatic nitrogens is 2. The van der Waals surface area contributed by atoms with Crippen LogP contribution in [0.3, 0.4) is 0 Å². The van der Waals surface area contributed by atoms with Crippen LogP contribution in [0.25, 0.3) is 16.6 Å². The second-order valence-electron chi connectivity index (χ2n) is 7.22. The predicted octanol–water partition coefficient (Wildman–Crippen LogP) is 4.74. The summed E-state index contributed by atoms with van der Waals surface area (Å²) in [4.78, 5) is 26.2. The third-order valence-electron chi connectivity index (χ3n) is 5.27. The molecule has 0 unspecified atom stereocenters. The molecule has 0 saturated carbocycles. The summed E-state index contributed by atoms with van der Waals surface area (Å²) in [6, 6.07) is 22.1. The van der Waals surface area contributed by atoms with Crippen molar-refractivity contribution in [1.29, 1.82) is 0 Å². The van der Waals surface area contributed by atoms with Gasteiger partial charge in [0.15, 0.2) is 0 Å². The Hall–Kier alpha value is -3.64. The van der Waals surface area contributed by atoms with Gasteiger partial charge in [0, 0.05) is 11.6 Å². The van der Waals surface area contributed by atoms with Gasteiger partial charge < -0.3 is 4.74 Å². The van der Waals surface area contributed by atoms with Gasteiger partial charge in [-0.2, -0.15) is 0 Å². The van der Waals surface area contributed by atoms with Crippen molar-refractivity contribution in [3.63, 3.8) is 0 Å². The average Bonchev–Trinajstić information content (AvgIpc) is 3.28. The Morgan fingerprint density at radius 1 is 0.839 bits per heavy atom. The minimum absolute atomic E-state index is 0.252. The topological polar surface area (TPSA) is 64.4 Å². The van der Waals surface area contributed by atoms with Crippen LogP contribution in [0.5, 0.6) is 5.88 Å². The van der Waals surface area contributed by atoms with E-state index in [1.807, 2.05) is 53.2 Å². The van der Waals surface area contributed by atoms with Crippen LogP contribution in [0.4, 0.5) is 0 Å². The molecule has 0 radical (unpaired) electrons. The molecule has 154 valence electrons. The van der Waals surface area contributed by atoms with Crippen LogP contribution in [0.1, 0.15) is 27.1 Å². The third-order valence-corrected chi connectivity index (χ3v) is 5.52. The van der Waals surface area contributed by atoms with E-state index in [1.165, 1.54) is 4.90 Å². The van der Waals surface area contributed by atoms with Gasteiger partial charge in [-0.25, -0.2) is 4.68 Å². The van der Waals surface area contributed by atoms with E-state index in [0.29, 0.717) is 41.6 Å². The lowest BCUT2D eigenvalue weighted by Crippen LogP contribution is -2.31. The number of carbonyl (C=O) groups is 2.